The number of rotatable bonds is 3. The molecule has 0 radical (unpaired) electrons. The summed E-state index contributed by atoms with van der Waals surface area (Å²) in [5, 5.41) is 6.74. The summed E-state index contributed by atoms with van der Waals surface area (Å²) in [6.45, 7) is 2.80. The lowest BCUT2D eigenvalue weighted by molar-refractivity contribution is -0.119. The van der Waals surface area contributed by atoms with Crippen molar-refractivity contribution < 1.29 is 4.79 Å². The first-order valence-corrected chi connectivity index (χ1v) is 6.53. The van der Waals surface area contributed by atoms with Gasteiger partial charge < -0.3 is 15.5 Å². The van der Waals surface area contributed by atoms with Crippen molar-refractivity contribution in [2.45, 2.75) is 13.0 Å². The summed E-state index contributed by atoms with van der Waals surface area (Å²) in [6, 6.07) is 5.82. The molecular weight excluding hydrogens is 250 g/mol. The Balaban J connectivity index is 2.27. The number of halogens is 1. The third-order valence-corrected chi connectivity index (χ3v) is 3.25. The molecule has 1 heterocycles. The molecule has 1 amide bonds. The molecule has 98 valence electrons. The van der Waals surface area contributed by atoms with E-state index in [1.54, 1.807) is 0 Å². The first kappa shape index (κ1) is 13.2. The minimum absolute atomic E-state index is 0.0813. The zero-order valence-corrected chi connectivity index (χ0v) is 11.3. The predicted molar refractivity (Wildman–Crippen MR) is 74.1 cm³/mol. The molecule has 18 heavy (non-hydrogen) atoms. The van der Waals surface area contributed by atoms with E-state index in [1.165, 1.54) is 0 Å². The fourth-order valence-corrected chi connectivity index (χ4v) is 2.40. The van der Waals surface area contributed by atoms with Gasteiger partial charge in [-0.15, -0.1) is 0 Å². The second-order valence-corrected chi connectivity index (χ2v) is 4.86. The highest BCUT2D eigenvalue weighted by atomic mass is 35.5. The molecule has 2 rings (SSSR count). The van der Waals surface area contributed by atoms with Crippen LogP contribution in [0.15, 0.2) is 18.2 Å². The molecule has 2 N–H and O–H groups in total. The summed E-state index contributed by atoms with van der Waals surface area (Å²) in [6.07, 6.45) is 0.966. The van der Waals surface area contributed by atoms with Crippen LogP contribution in [-0.4, -0.2) is 32.6 Å². The molecule has 0 bridgehead atoms. The number of hydrogen-bond donors (Lipinski definition) is 2. The molecule has 1 aliphatic heterocycles. The molecule has 1 aliphatic rings. The van der Waals surface area contributed by atoms with E-state index in [0.717, 1.165) is 42.3 Å². The van der Waals surface area contributed by atoms with Gasteiger partial charge in [0.15, 0.2) is 0 Å². The molecule has 4 nitrogen and oxygen atoms in total. The largest absolute Gasteiger partial charge is 0.362 e. The molecule has 1 aromatic rings. The van der Waals surface area contributed by atoms with Gasteiger partial charge in [0.25, 0.3) is 0 Å². The van der Waals surface area contributed by atoms with Crippen LogP contribution in [0.1, 0.15) is 12.0 Å². The number of nitrogens with zero attached hydrogens (tertiary/aromatic N) is 1. The second kappa shape index (κ2) is 6.07. The average Bonchev–Trinajstić information content (AvgIpc) is 2.54. The molecule has 0 saturated carbocycles. The van der Waals surface area contributed by atoms with Crippen LogP contribution < -0.4 is 15.5 Å². The molecule has 1 fully saturated rings. The maximum Gasteiger partial charge on any atom is 0.239 e. The highest BCUT2D eigenvalue weighted by Crippen LogP contribution is 2.25. The van der Waals surface area contributed by atoms with E-state index < -0.39 is 0 Å². The van der Waals surface area contributed by atoms with E-state index >= 15 is 0 Å². The van der Waals surface area contributed by atoms with Crippen molar-refractivity contribution in [2.75, 3.05) is 31.6 Å². The zero-order valence-electron chi connectivity index (χ0n) is 10.5. The average molecular weight is 268 g/mol. The Morgan fingerprint density at radius 3 is 3.11 bits per heavy atom. The Hall–Kier alpha value is -1.26. The summed E-state index contributed by atoms with van der Waals surface area (Å²) in [5.41, 5.74) is 2.21. The van der Waals surface area contributed by atoms with Crippen molar-refractivity contribution in [1.29, 1.82) is 0 Å². The van der Waals surface area contributed by atoms with Crippen molar-refractivity contribution >= 4 is 23.2 Å². The summed E-state index contributed by atoms with van der Waals surface area (Å²) >= 11 is 6.03. The minimum atomic E-state index is 0.0813. The second-order valence-electron chi connectivity index (χ2n) is 4.43. The van der Waals surface area contributed by atoms with Gasteiger partial charge in [0.2, 0.25) is 5.91 Å². The highest BCUT2D eigenvalue weighted by molar-refractivity contribution is 6.30. The van der Waals surface area contributed by atoms with E-state index in [4.69, 9.17) is 11.6 Å². The topological polar surface area (TPSA) is 44.4 Å². The Labute approximate surface area is 112 Å². The quantitative estimate of drug-likeness (QED) is 0.870. The smallest absolute Gasteiger partial charge is 0.239 e. The van der Waals surface area contributed by atoms with Gasteiger partial charge in [-0.1, -0.05) is 11.6 Å². The van der Waals surface area contributed by atoms with Crippen molar-refractivity contribution in [1.82, 2.24) is 10.6 Å². The summed E-state index contributed by atoms with van der Waals surface area (Å²) in [4.78, 5) is 13.7. The fourth-order valence-electron chi connectivity index (χ4n) is 2.21. The summed E-state index contributed by atoms with van der Waals surface area (Å²) in [5.74, 6) is 0.0813. The van der Waals surface area contributed by atoms with Gasteiger partial charge in [0.05, 0.1) is 6.54 Å². The standard InChI is InChI=1S/C13H18ClN3O/c1-15-8-10-7-11(14)3-4-12(10)17-6-2-5-16-13(18)9-17/h3-4,7,15H,2,5-6,8-9H2,1H3,(H,16,18). The molecule has 5 heteroatoms. The maximum absolute atomic E-state index is 11.6. The molecule has 0 aromatic heterocycles. The fraction of sp³-hybridized carbons (Fsp3) is 0.462. The van der Waals surface area contributed by atoms with Crippen molar-refractivity contribution in [3.63, 3.8) is 0 Å². The van der Waals surface area contributed by atoms with E-state index in [0.29, 0.717) is 6.54 Å². The summed E-state index contributed by atoms with van der Waals surface area (Å²) < 4.78 is 0. The Morgan fingerprint density at radius 1 is 1.50 bits per heavy atom. The SMILES string of the molecule is CNCc1cc(Cl)ccc1N1CCCNC(=O)C1. The predicted octanol–water partition coefficient (Wildman–Crippen LogP) is 1.39. The van der Waals surface area contributed by atoms with Gasteiger partial charge in [-0.05, 0) is 37.2 Å². The number of carbonyl (C=O) groups is 1. The number of hydrogen-bond acceptors (Lipinski definition) is 3. The molecule has 1 saturated heterocycles. The van der Waals surface area contributed by atoms with Crippen LogP contribution in [0.5, 0.6) is 0 Å². The minimum Gasteiger partial charge on any atom is -0.362 e. The number of benzene rings is 1. The number of carbonyl (C=O) groups excluding carboxylic acids is 1. The van der Waals surface area contributed by atoms with Crippen LogP contribution in [-0.2, 0) is 11.3 Å². The molecule has 0 spiro atoms. The van der Waals surface area contributed by atoms with E-state index in [-0.39, 0.29) is 5.91 Å². The van der Waals surface area contributed by atoms with Gasteiger partial charge in [0.1, 0.15) is 0 Å². The number of nitrogens with one attached hydrogen (secondary N) is 2. The third kappa shape index (κ3) is 3.15. The third-order valence-electron chi connectivity index (χ3n) is 3.01. The molecule has 0 atom stereocenters. The Kier molecular flexibility index (Phi) is 4.44. The van der Waals surface area contributed by atoms with Crippen molar-refractivity contribution in [3.8, 4) is 0 Å². The van der Waals surface area contributed by atoms with E-state index in [9.17, 15) is 4.79 Å². The normalized spacial score (nSPS) is 16.3. The van der Waals surface area contributed by atoms with Gasteiger partial charge in [-0.25, -0.2) is 0 Å². The van der Waals surface area contributed by atoms with E-state index in [2.05, 4.69) is 15.5 Å². The highest BCUT2D eigenvalue weighted by Gasteiger charge is 2.17. The first-order valence-electron chi connectivity index (χ1n) is 6.15. The van der Waals surface area contributed by atoms with Gasteiger partial charge in [-0.2, -0.15) is 0 Å². The lowest BCUT2D eigenvalue weighted by Gasteiger charge is -2.24. The van der Waals surface area contributed by atoms with E-state index in [1.807, 2.05) is 25.2 Å². The lowest BCUT2D eigenvalue weighted by atomic mass is 10.1. The van der Waals surface area contributed by atoms with Crippen LogP contribution in [0.2, 0.25) is 5.02 Å². The van der Waals surface area contributed by atoms with Gasteiger partial charge >= 0.3 is 0 Å². The van der Waals surface area contributed by atoms with Crippen LogP contribution >= 0.6 is 11.6 Å². The van der Waals surface area contributed by atoms with Crippen LogP contribution in [0, 0.1) is 0 Å². The lowest BCUT2D eigenvalue weighted by Crippen LogP contribution is -2.33. The zero-order chi connectivity index (χ0) is 13.0. The molecule has 0 aliphatic carbocycles. The van der Waals surface area contributed by atoms with Gasteiger partial charge in [0, 0.05) is 30.3 Å². The molecular formula is C13H18ClN3O. The maximum atomic E-state index is 11.6. The van der Waals surface area contributed by atoms with Crippen LogP contribution in [0.4, 0.5) is 5.69 Å². The van der Waals surface area contributed by atoms with Crippen molar-refractivity contribution in [3.05, 3.63) is 28.8 Å². The van der Waals surface area contributed by atoms with Crippen molar-refractivity contribution in [2.24, 2.45) is 0 Å². The Bertz CT molecular complexity index is 436. The number of anilines is 1. The molecule has 1 aromatic carbocycles. The Morgan fingerprint density at radius 2 is 2.33 bits per heavy atom. The van der Waals surface area contributed by atoms with Crippen LogP contribution in [0.25, 0.3) is 0 Å². The first-order chi connectivity index (χ1) is 8.70. The molecule has 0 unspecified atom stereocenters. The van der Waals surface area contributed by atoms with Gasteiger partial charge in [-0.3, -0.25) is 4.79 Å². The number of amides is 1. The van der Waals surface area contributed by atoms with Crippen LogP contribution in [0.3, 0.4) is 0 Å². The monoisotopic (exact) mass is 267 g/mol. The summed E-state index contributed by atoms with van der Waals surface area (Å²) in [7, 11) is 1.90.